The maximum Gasteiger partial charge on any atom is 0.126 e. The van der Waals surface area contributed by atoms with Crippen molar-refractivity contribution >= 4 is 5.69 Å². The number of benzene rings is 2. The second kappa shape index (κ2) is 6.59. The first kappa shape index (κ1) is 15.3. The van der Waals surface area contributed by atoms with E-state index in [-0.39, 0.29) is 11.9 Å². The molecule has 0 aliphatic rings. The first-order valence-corrected chi connectivity index (χ1v) is 6.89. The summed E-state index contributed by atoms with van der Waals surface area (Å²) < 4.78 is 19.0. The molecule has 0 heterocycles. The van der Waals surface area contributed by atoms with Crippen LogP contribution in [0.3, 0.4) is 0 Å². The predicted octanol–water partition coefficient (Wildman–Crippen LogP) is 3.28. The number of rotatable bonds is 5. The van der Waals surface area contributed by atoms with Crippen molar-refractivity contribution in [1.82, 2.24) is 0 Å². The molecule has 0 amide bonds. The summed E-state index contributed by atoms with van der Waals surface area (Å²) in [5, 5.41) is 0. The van der Waals surface area contributed by atoms with Crippen LogP contribution in [-0.4, -0.2) is 20.7 Å². The molecule has 2 N–H and O–H groups in total. The van der Waals surface area contributed by atoms with Crippen LogP contribution in [0.2, 0.25) is 0 Å². The number of methoxy groups -OCH3 is 1. The molecule has 3 nitrogen and oxygen atoms in total. The van der Waals surface area contributed by atoms with Gasteiger partial charge in [0.2, 0.25) is 0 Å². The largest absolute Gasteiger partial charge is 0.497 e. The third-order valence-electron chi connectivity index (χ3n) is 3.73. The van der Waals surface area contributed by atoms with Crippen LogP contribution >= 0.6 is 0 Å². The molecule has 0 aliphatic carbocycles. The monoisotopic (exact) mass is 288 g/mol. The topological polar surface area (TPSA) is 38.5 Å². The van der Waals surface area contributed by atoms with Crippen molar-refractivity contribution in [1.29, 1.82) is 0 Å². The number of ether oxygens (including phenoxy) is 1. The Balaban J connectivity index is 2.32. The number of nitrogens with zero attached hydrogens (tertiary/aromatic N) is 1. The van der Waals surface area contributed by atoms with Gasteiger partial charge in [-0.1, -0.05) is 18.2 Å². The molecular weight excluding hydrogens is 267 g/mol. The molecule has 2 aromatic rings. The van der Waals surface area contributed by atoms with E-state index >= 15 is 0 Å². The summed E-state index contributed by atoms with van der Waals surface area (Å²) in [6.45, 7) is 2.15. The molecule has 0 aromatic heterocycles. The molecule has 2 aromatic carbocycles. The number of anilines is 1. The number of nitrogens with two attached hydrogens (primary N) is 1. The molecule has 1 unspecified atom stereocenters. The summed E-state index contributed by atoms with van der Waals surface area (Å²) >= 11 is 0. The van der Waals surface area contributed by atoms with Crippen LogP contribution in [0.1, 0.15) is 17.2 Å². The Morgan fingerprint density at radius 3 is 2.62 bits per heavy atom. The zero-order valence-electron chi connectivity index (χ0n) is 12.6. The molecule has 2 rings (SSSR count). The first-order valence-electron chi connectivity index (χ1n) is 6.89. The molecule has 0 radical (unpaired) electrons. The third-order valence-corrected chi connectivity index (χ3v) is 3.73. The second-order valence-corrected chi connectivity index (χ2v) is 5.07. The lowest BCUT2D eigenvalue weighted by molar-refractivity contribution is 0.414. The van der Waals surface area contributed by atoms with E-state index in [0.717, 1.165) is 17.0 Å². The van der Waals surface area contributed by atoms with Crippen molar-refractivity contribution in [3.63, 3.8) is 0 Å². The van der Waals surface area contributed by atoms with Gasteiger partial charge in [0.05, 0.1) is 13.2 Å². The molecule has 0 saturated heterocycles. The van der Waals surface area contributed by atoms with Crippen LogP contribution in [0, 0.1) is 12.7 Å². The Morgan fingerprint density at radius 1 is 1.24 bits per heavy atom. The molecule has 1 atom stereocenters. The van der Waals surface area contributed by atoms with Gasteiger partial charge in [-0.15, -0.1) is 0 Å². The van der Waals surface area contributed by atoms with Crippen molar-refractivity contribution in [2.75, 3.05) is 25.6 Å². The van der Waals surface area contributed by atoms with Gasteiger partial charge in [-0.25, -0.2) is 4.39 Å². The Labute approximate surface area is 125 Å². The van der Waals surface area contributed by atoms with E-state index in [9.17, 15) is 4.39 Å². The molecule has 4 heteroatoms. The van der Waals surface area contributed by atoms with Gasteiger partial charge in [-0.3, -0.25) is 0 Å². The van der Waals surface area contributed by atoms with Gasteiger partial charge in [0, 0.05) is 25.3 Å². The van der Waals surface area contributed by atoms with Gasteiger partial charge >= 0.3 is 0 Å². The lowest BCUT2D eigenvalue weighted by Crippen LogP contribution is -2.30. The van der Waals surface area contributed by atoms with Gasteiger partial charge < -0.3 is 15.4 Å². The SMILES string of the molecule is COc1cccc(N(C)C(CN)c2ccc(C)c(F)c2)c1. The minimum Gasteiger partial charge on any atom is -0.497 e. The fourth-order valence-electron chi connectivity index (χ4n) is 2.34. The highest BCUT2D eigenvalue weighted by molar-refractivity contribution is 5.52. The Morgan fingerprint density at radius 2 is 2.00 bits per heavy atom. The Bertz CT molecular complexity index is 615. The van der Waals surface area contributed by atoms with Gasteiger partial charge in [0.25, 0.3) is 0 Å². The highest BCUT2D eigenvalue weighted by atomic mass is 19.1. The van der Waals surface area contributed by atoms with Crippen LogP contribution < -0.4 is 15.4 Å². The highest BCUT2D eigenvalue weighted by Crippen LogP contribution is 2.28. The molecular formula is C17H21FN2O. The summed E-state index contributed by atoms with van der Waals surface area (Å²) in [5.74, 6) is 0.579. The van der Waals surface area contributed by atoms with Crippen LogP contribution in [0.4, 0.5) is 10.1 Å². The number of aryl methyl sites for hydroxylation is 1. The maximum absolute atomic E-state index is 13.8. The fraction of sp³-hybridized carbons (Fsp3) is 0.294. The van der Waals surface area contributed by atoms with Crippen LogP contribution in [0.15, 0.2) is 42.5 Å². The molecule has 0 fully saturated rings. The van der Waals surface area contributed by atoms with E-state index in [2.05, 4.69) is 0 Å². The summed E-state index contributed by atoms with van der Waals surface area (Å²) in [6, 6.07) is 12.9. The van der Waals surface area contributed by atoms with E-state index in [4.69, 9.17) is 10.5 Å². The summed E-state index contributed by atoms with van der Waals surface area (Å²) in [5.41, 5.74) is 8.39. The smallest absolute Gasteiger partial charge is 0.126 e. The van der Waals surface area contributed by atoms with E-state index < -0.39 is 0 Å². The molecule has 0 saturated carbocycles. The number of hydrogen-bond donors (Lipinski definition) is 1. The van der Waals surface area contributed by atoms with Crippen molar-refractivity contribution in [3.05, 3.63) is 59.4 Å². The lowest BCUT2D eigenvalue weighted by atomic mass is 10.0. The van der Waals surface area contributed by atoms with E-state index in [1.807, 2.05) is 42.3 Å². The number of halogens is 1. The van der Waals surface area contributed by atoms with Crippen LogP contribution in [0.25, 0.3) is 0 Å². The molecule has 0 bridgehead atoms. The summed E-state index contributed by atoms with van der Waals surface area (Å²) in [6.07, 6.45) is 0. The zero-order valence-corrected chi connectivity index (χ0v) is 12.6. The summed E-state index contributed by atoms with van der Waals surface area (Å²) in [7, 11) is 3.58. The Hall–Kier alpha value is -2.07. The average molecular weight is 288 g/mol. The van der Waals surface area contributed by atoms with Gasteiger partial charge in [-0.05, 0) is 36.2 Å². The lowest BCUT2D eigenvalue weighted by Gasteiger charge is -2.30. The van der Waals surface area contributed by atoms with E-state index in [1.165, 1.54) is 0 Å². The van der Waals surface area contributed by atoms with Gasteiger partial charge in [0.15, 0.2) is 0 Å². The minimum atomic E-state index is -0.204. The van der Waals surface area contributed by atoms with Crippen LogP contribution in [-0.2, 0) is 0 Å². The van der Waals surface area contributed by atoms with Crippen molar-refractivity contribution < 1.29 is 9.13 Å². The van der Waals surface area contributed by atoms with Crippen molar-refractivity contribution in [2.45, 2.75) is 13.0 Å². The third kappa shape index (κ3) is 3.34. The second-order valence-electron chi connectivity index (χ2n) is 5.07. The Kier molecular flexibility index (Phi) is 4.81. The van der Waals surface area contributed by atoms with Crippen LogP contribution in [0.5, 0.6) is 5.75 Å². The molecule has 0 aliphatic heterocycles. The number of hydrogen-bond acceptors (Lipinski definition) is 3. The fourth-order valence-corrected chi connectivity index (χ4v) is 2.34. The van der Waals surface area contributed by atoms with Crippen molar-refractivity contribution in [3.8, 4) is 5.75 Å². The van der Waals surface area contributed by atoms with E-state index in [0.29, 0.717) is 12.1 Å². The normalized spacial score (nSPS) is 12.0. The molecule has 112 valence electrons. The molecule has 0 spiro atoms. The quantitative estimate of drug-likeness (QED) is 0.917. The van der Waals surface area contributed by atoms with Gasteiger partial charge in [-0.2, -0.15) is 0 Å². The van der Waals surface area contributed by atoms with Gasteiger partial charge in [0.1, 0.15) is 11.6 Å². The summed E-state index contributed by atoms with van der Waals surface area (Å²) in [4.78, 5) is 2.03. The average Bonchev–Trinajstić information content (AvgIpc) is 2.51. The maximum atomic E-state index is 13.8. The molecule has 21 heavy (non-hydrogen) atoms. The minimum absolute atomic E-state index is 0.0905. The zero-order chi connectivity index (χ0) is 15.4. The van der Waals surface area contributed by atoms with Crippen molar-refractivity contribution in [2.24, 2.45) is 5.73 Å². The predicted molar refractivity (Wildman–Crippen MR) is 84.3 cm³/mol. The standard InChI is InChI=1S/C17H21FN2O/c1-12-7-8-13(9-16(12)18)17(11-19)20(2)14-5-4-6-15(10-14)21-3/h4-10,17H,11,19H2,1-3H3. The highest BCUT2D eigenvalue weighted by Gasteiger charge is 2.17. The first-order chi connectivity index (χ1) is 10.1. The van der Waals surface area contributed by atoms with E-state index in [1.54, 1.807) is 26.2 Å². The number of likely N-dealkylation sites (N-methyl/N-ethyl adjacent to an activating group) is 1.